The van der Waals surface area contributed by atoms with Crippen molar-refractivity contribution < 1.29 is 9.32 Å². The molecule has 1 fully saturated rings. The highest BCUT2D eigenvalue weighted by molar-refractivity contribution is 5.76. The lowest BCUT2D eigenvalue weighted by molar-refractivity contribution is -0.132. The van der Waals surface area contributed by atoms with Crippen LogP contribution in [0.5, 0.6) is 0 Å². The number of rotatable bonds is 6. The molecular formula is C19H26N4O2. The molecule has 3 rings (SSSR count). The lowest BCUT2D eigenvalue weighted by Crippen LogP contribution is -2.38. The van der Waals surface area contributed by atoms with E-state index in [4.69, 9.17) is 4.52 Å². The summed E-state index contributed by atoms with van der Waals surface area (Å²) < 4.78 is 5.41. The number of piperidine rings is 1. The average Bonchev–Trinajstić information content (AvgIpc) is 3.09. The van der Waals surface area contributed by atoms with E-state index in [2.05, 4.69) is 22.0 Å². The average molecular weight is 342 g/mol. The molecule has 0 N–H and O–H groups in total. The van der Waals surface area contributed by atoms with Gasteiger partial charge in [-0.1, -0.05) is 24.6 Å². The van der Waals surface area contributed by atoms with E-state index in [9.17, 15) is 4.79 Å². The maximum atomic E-state index is 12.1. The van der Waals surface area contributed by atoms with Crippen molar-refractivity contribution in [2.75, 3.05) is 13.1 Å². The van der Waals surface area contributed by atoms with E-state index in [-0.39, 0.29) is 0 Å². The van der Waals surface area contributed by atoms with Crippen LogP contribution in [-0.2, 0) is 11.2 Å². The first-order valence-corrected chi connectivity index (χ1v) is 9.20. The van der Waals surface area contributed by atoms with Gasteiger partial charge < -0.3 is 9.42 Å². The Balaban J connectivity index is 1.52. The van der Waals surface area contributed by atoms with E-state index in [0.29, 0.717) is 30.0 Å². The summed E-state index contributed by atoms with van der Waals surface area (Å²) in [4.78, 5) is 23.0. The number of hydrogen-bond donors (Lipinski definition) is 0. The van der Waals surface area contributed by atoms with Gasteiger partial charge in [-0.3, -0.25) is 4.79 Å². The first-order valence-electron chi connectivity index (χ1n) is 9.20. The summed E-state index contributed by atoms with van der Waals surface area (Å²) in [6, 6.07) is 5.78. The minimum atomic E-state index is 0.297. The highest BCUT2D eigenvalue weighted by Crippen LogP contribution is 2.23. The smallest absolute Gasteiger partial charge is 0.227 e. The molecule has 0 unspecified atom stereocenters. The Hall–Kier alpha value is -2.24. The van der Waals surface area contributed by atoms with Gasteiger partial charge in [-0.05, 0) is 44.2 Å². The second-order valence-corrected chi connectivity index (χ2v) is 6.81. The molecule has 3 heterocycles. The van der Waals surface area contributed by atoms with E-state index in [1.165, 1.54) is 0 Å². The van der Waals surface area contributed by atoms with Crippen molar-refractivity contribution >= 4 is 5.91 Å². The fourth-order valence-corrected chi connectivity index (χ4v) is 3.23. The van der Waals surface area contributed by atoms with Crippen LogP contribution in [-0.4, -0.2) is 39.0 Å². The second-order valence-electron chi connectivity index (χ2n) is 6.81. The summed E-state index contributed by atoms with van der Waals surface area (Å²) in [7, 11) is 0. The van der Waals surface area contributed by atoms with Crippen LogP contribution in [0.2, 0.25) is 0 Å². The van der Waals surface area contributed by atoms with E-state index in [0.717, 1.165) is 56.6 Å². The zero-order valence-corrected chi connectivity index (χ0v) is 15.1. The molecule has 6 heteroatoms. The topological polar surface area (TPSA) is 72.1 Å². The van der Waals surface area contributed by atoms with Crippen molar-refractivity contribution in [2.45, 2.75) is 52.4 Å². The molecule has 0 aliphatic carbocycles. The minimum Gasteiger partial charge on any atom is -0.343 e. The third-order valence-electron chi connectivity index (χ3n) is 4.76. The van der Waals surface area contributed by atoms with Crippen molar-refractivity contribution in [3.05, 3.63) is 29.8 Å². The number of aromatic nitrogens is 3. The zero-order chi connectivity index (χ0) is 17.6. The molecule has 2 aromatic rings. The summed E-state index contributed by atoms with van der Waals surface area (Å²) in [5.41, 5.74) is 1.68. The normalized spacial score (nSPS) is 15.5. The van der Waals surface area contributed by atoms with Gasteiger partial charge >= 0.3 is 0 Å². The van der Waals surface area contributed by atoms with Gasteiger partial charge in [-0.15, -0.1) is 0 Å². The molecule has 1 aliphatic rings. The Labute approximate surface area is 148 Å². The molecule has 6 nitrogen and oxygen atoms in total. The number of carbonyl (C=O) groups is 1. The van der Waals surface area contributed by atoms with E-state index >= 15 is 0 Å². The first kappa shape index (κ1) is 17.6. The molecule has 0 atom stereocenters. The quantitative estimate of drug-likeness (QED) is 0.804. The highest BCUT2D eigenvalue weighted by Gasteiger charge is 2.24. The van der Waals surface area contributed by atoms with E-state index < -0.39 is 0 Å². The Kier molecular flexibility index (Phi) is 5.79. The van der Waals surface area contributed by atoms with Crippen LogP contribution < -0.4 is 0 Å². The summed E-state index contributed by atoms with van der Waals surface area (Å²) in [6.07, 6.45) is 5.50. The van der Waals surface area contributed by atoms with Crippen LogP contribution in [0.3, 0.4) is 0 Å². The highest BCUT2D eigenvalue weighted by atomic mass is 16.5. The first-order chi connectivity index (χ1) is 12.2. The van der Waals surface area contributed by atoms with Crippen LogP contribution in [0.4, 0.5) is 0 Å². The summed E-state index contributed by atoms with van der Waals surface area (Å²) in [6.45, 7) is 5.74. The molecule has 0 radical (unpaired) electrons. The third kappa shape index (κ3) is 4.65. The van der Waals surface area contributed by atoms with Crippen LogP contribution in [0, 0.1) is 12.8 Å². The number of amides is 1. The molecule has 134 valence electrons. The molecule has 1 aliphatic heterocycles. The molecule has 1 saturated heterocycles. The lowest BCUT2D eigenvalue weighted by atomic mass is 9.93. The van der Waals surface area contributed by atoms with E-state index in [1.807, 2.05) is 30.0 Å². The van der Waals surface area contributed by atoms with Gasteiger partial charge in [0.2, 0.25) is 17.6 Å². The van der Waals surface area contributed by atoms with Gasteiger partial charge in [0.1, 0.15) is 5.69 Å². The fourth-order valence-electron chi connectivity index (χ4n) is 3.23. The molecule has 0 bridgehead atoms. The number of aryl methyl sites for hydroxylation is 1. The Morgan fingerprint density at radius 1 is 1.28 bits per heavy atom. The van der Waals surface area contributed by atoms with Crippen molar-refractivity contribution in [1.82, 2.24) is 20.0 Å². The molecule has 25 heavy (non-hydrogen) atoms. The lowest BCUT2D eigenvalue weighted by Gasteiger charge is -2.31. The van der Waals surface area contributed by atoms with Crippen molar-refractivity contribution in [3.8, 4) is 11.5 Å². The van der Waals surface area contributed by atoms with Gasteiger partial charge in [0.15, 0.2) is 0 Å². The number of unbranched alkanes of at least 4 members (excludes halogenated alkanes) is 1. The van der Waals surface area contributed by atoms with Crippen LogP contribution in [0.15, 0.2) is 22.7 Å². The Morgan fingerprint density at radius 2 is 2.08 bits per heavy atom. The third-order valence-corrected chi connectivity index (χ3v) is 4.76. The number of nitrogens with zero attached hydrogens (tertiary/aromatic N) is 4. The SMILES string of the molecule is CCCCC(=O)N1CCC(Cc2nc(-c3cccc(C)n3)no2)CC1. The van der Waals surface area contributed by atoms with Gasteiger partial charge in [0.25, 0.3) is 0 Å². The number of likely N-dealkylation sites (tertiary alicyclic amines) is 1. The molecule has 0 aromatic carbocycles. The number of carbonyl (C=O) groups excluding carboxylic acids is 1. The van der Waals surface area contributed by atoms with E-state index in [1.54, 1.807) is 0 Å². The second kappa shape index (κ2) is 8.23. The van der Waals surface area contributed by atoms with Gasteiger partial charge in [0, 0.05) is 31.6 Å². The van der Waals surface area contributed by atoms with Crippen LogP contribution in [0.1, 0.15) is 50.6 Å². The summed E-state index contributed by atoms with van der Waals surface area (Å²) in [5.74, 6) is 2.00. The monoisotopic (exact) mass is 342 g/mol. The minimum absolute atomic E-state index is 0.297. The molecule has 0 saturated carbocycles. The number of hydrogen-bond acceptors (Lipinski definition) is 5. The summed E-state index contributed by atoms with van der Waals surface area (Å²) >= 11 is 0. The maximum Gasteiger partial charge on any atom is 0.227 e. The molecular weight excluding hydrogens is 316 g/mol. The van der Waals surface area contributed by atoms with Gasteiger partial charge in [-0.2, -0.15) is 4.98 Å². The molecule has 0 spiro atoms. The molecule has 2 aromatic heterocycles. The molecule has 1 amide bonds. The van der Waals surface area contributed by atoms with Gasteiger partial charge in [0.05, 0.1) is 0 Å². The zero-order valence-electron chi connectivity index (χ0n) is 15.1. The predicted octanol–water partition coefficient (Wildman–Crippen LogP) is 3.41. The van der Waals surface area contributed by atoms with Crippen molar-refractivity contribution in [3.63, 3.8) is 0 Å². The van der Waals surface area contributed by atoms with Crippen molar-refractivity contribution in [1.29, 1.82) is 0 Å². The predicted molar refractivity (Wildman–Crippen MR) is 94.8 cm³/mol. The number of pyridine rings is 1. The Bertz CT molecular complexity index is 705. The van der Waals surface area contributed by atoms with Crippen LogP contribution in [0.25, 0.3) is 11.5 Å². The Morgan fingerprint density at radius 3 is 2.80 bits per heavy atom. The summed E-state index contributed by atoms with van der Waals surface area (Å²) in [5, 5.41) is 4.06. The van der Waals surface area contributed by atoms with Gasteiger partial charge in [-0.25, -0.2) is 4.98 Å². The standard InChI is InChI=1S/C19H26N4O2/c1-3-4-8-18(24)23-11-9-15(10-12-23)13-17-21-19(22-25-17)16-7-5-6-14(2)20-16/h5-7,15H,3-4,8-13H2,1-2H3. The maximum absolute atomic E-state index is 12.1. The van der Waals surface area contributed by atoms with Crippen molar-refractivity contribution in [2.24, 2.45) is 5.92 Å². The fraction of sp³-hybridized carbons (Fsp3) is 0.579. The van der Waals surface area contributed by atoms with Crippen LogP contribution >= 0.6 is 0 Å². The largest absolute Gasteiger partial charge is 0.343 e.